The summed E-state index contributed by atoms with van der Waals surface area (Å²) >= 11 is 0. The van der Waals surface area contributed by atoms with Gasteiger partial charge < -0.3 is 5.73 Å². The number of likely N-dealkylation sites (N-methyl/N-ethyl adjacent to an activating group) is 1. The lowest BCUT2D eigenvalue weighted by Gasteiger charge is -2.39. The Bertz CT molecular complexity index is 368. The van der Waals surface area contributed by atoms with Gasteiger partial charge in [0.15, 0.2) is 0 Å². The molecule has 0 bridgehead atoms. The molecule has 19 heavy (non-hydrogen) atoms. The Balaban J connectivity index is 1.97. The number of nitrogens with zero attached hydrogens (tertiary/aromatic N) is 1. The maximum Gasteiger partial charge on any atom is 0.0450 e. The van der Waals surface area contributed by atoms with Crippen LogP contribution in [0.25, 0.3) is 0 Å². The fraction of sp³-hybridized carbons (Fsp3) is 0.647. The summed E-state index contributed by atoms with van der Waals surface area (Å²) in [6.07, 6.45) is 5.37. The zero-order chi connectivity index (χ0) is 13.8. The summed E-state index contributed by atoms with van der Waals surface area (Å²) in [4.78, 5) is 2.50. The van der Waals surface area contributed by atoms with Gasteiger partial charge in [0.05, 0.1) is 0 Å². The topological polar surface area (TPSA) is 29.3 Å². The van der Waals surface area contributed by atoms with Crippen molar-refractivity contribution in [3.05, 3.63) is 35.9 Å². The van der Waals surface area contributed by atoms with Crippen LogP contribution in [0.15, 0.2) is 30.3 Å². The molecule has 0 aliphatic heterocycles. The summed E-state index contributed by atoms with van der Waals surface area (Å²) in [6.45, 7) is 4.63. The molecule has 0 spiro atoms. The lowest BCUT2D eigenvalue weighted by Crippen LogP contribution is -2.45. The van der Waals surface area contributed by atoms with E-state index in [0.29, 0.717) is 12.1 Å². The molecule has 2 nitrogen and oxygen atoms in total. The van der Waals surface area contributed by atoms with Crippen LogP contribution in [0.4, 0.5) is 0 Å². The normalized spacial score (nSPS) is 27.2. The molecule has 2 atom stereocenters. The van der Waals surface area contributed by atoms with E-state index >= 15 is 0 Å². The first kappa shape index (κ1) is 14.5. The fourth-order valence-electron chi connectivity index (χ4n) is 3.19. The molecule has 1 aliphatic carbocycles. The molecule has 1 fully saturated rings. The van der Waals surface area contributed by atoms with Gasteiger partial charge in [0.2, 0.25) is 0 Å². The van der Waals surface area contributed by atoms with Crippen molar-refractivity contribution in [2.75, 3.05) is 7.05 Å². The monoisotopic (exact) mass is 260 g/mol. The molecule has 1 saturated carbocycles. The largest absolute Gasteiger partial charge is 0.323 e. The van der Waals surface area contributed by atoms with E-state index in [1.807, 2.05) is 6.07 Å². The molecule has 106 valence electrons. The Labute approximate surface area is 118 Å². The van der Waals surface area contributed by atoms with Gasteiger partial charge in [-0.25, -0.2) is 0 Å². The zero-order valence-electron chi connectivity index (χ0n) is 12.5. The van der Waals surface area contributed by atoms with Crippen molar-refractivity contribution in [3.8, 4) is 0 Å². The van der Waals surface area contributed by atoms with Gasteiger partial charge in [-0.1, -0.05) is 37.3 Å². The molecule has 0 saturated heterocycles. The maximum absolute atomic E-state index is 6.43. The summed E-state index contributed by atoms with van der Waals surface area (Å²) in [5, 5.41) is 0. The van der Waals surface area contributed by atoms with Crippen molar-refractivity contribution in [1.29, 1.82) is 0 Å². The first-order valence-corrected chi connectivity index (χ1v) is 7.62. The van der Waals surface area contributed by atoms with E-state index in [1.165, 1.54) is 31.2 Å². The predicted octanol–water partition coefficient (Wildman–Crippen LogP) is 3.59. The Morgan fingerprint density at radius 3 is 2.26 bits per heavy atom. The van der Waals surface area contributed by atoms with Gasteiger partial charge in [0.1, 0.15) is 0 Å². The van der Waals surface area contributed by atoms with Crippen molar-refractivity contribution in [2.45, 2.75) is 57.7 Å². The van der Waals surface area contributed by atoms with Gasteiger partial charge >= 0.3 is 0 Å². The third-order valence-electron chi connectivity index (χ3n) is 4.91. The number of nitrogens with two attached hydrogens (primary N) is 1. The van der Waals surface area contributed by atoms with Crippen LogP contribution >= 0.6 is 0 Å². The SMILES string of the molecule is CC1CCC(N(C)C(C)C(N)c2ccccc2)CC1. The highest BCUT2D eigenvalue weighted by Gasteiger charge is 2.27. The summed E-state index contributed by atoms with van der Waals surface area (Å²) in [6, 6.07) is 11.7. The highest BCUT2D eigenvalue weighted by Crippen LogP contribution is 2.29. The molecule has 2 rings (SSSR count). The molecule has 2 N–H and O–H groups in total. The average molecular weight is 260 g/mol. The molecule has 0 radical (unpaired) electrons. The van der Waals surface area contributed by atoms with Crippen LogP contribution in [-0.2, 0) is 0 Å². The van der Waals surface area contributed by atoms with E-state index in [-0.39, 0.29) is 6.04 Å². The minimum Gasteiger partial charge on any atom is -0.323 e. The first-order chi connectivity index (χ1) is 9.09. The van der Waals surface area contributed by atoms with Crippen molar-refractivity contribution >= 4 is 0 Å². The summed E-state index contributed by atoms with van der Waals surface area (Å²) in [5.41, 5.74) is 7.67. The van der Waals surface area contributed by atoms with Gasteiger partial charge in [-0.05, 0) is 51.1 Å². The molecule has 0 amide bonds. The van der Waals surface area contributed by atoms with Crippen LogP contribution in [0, 0.1) is 5.92 Å². The molecule has 2 heteroatoms. The Hall–Kier alpha value is -0.860. The Kier molecular flexibility index (Phi) is 5.00. The van der Waals surface area contributed by atoms with E-state index in [9.17, 15) is 0 Å². The van der Waals surface area contributed by atoms with Crippen LogP contribution < -0.4 is 5.73 Å². The van der Waals surface area contributed by atoms with Crippen LogP contribution in [0.2, 0.25) is 0 Å². The van der Waals surface area contributed by atoms with Crippen LogP contribution in [-0.4, -0.2) is 24.0 Å². The maximum atomic E-state index is 6.43. The first-order valence-electron chi connectivity index (χ1n) is 7.62. The van der Waals surface area contributed by atoms with Gasteiger partial charge in [-0.3, -0.25) is 4.90 Å². The van der Waals surface area contributed by atoms with E-state index in [4.69, 9.17) is 5.73 Å². The van der Waals surface area contributed by atoms with Crippen molar-refractivity contribution < 1.29 is 0 Å². The molecule has 0 heterocycles. The van der Waals surface area contributed by atoms with E-state index in [2.05, 4.69) is 50.1 Å². The lowest BCUT2D eigenvalue weighted by molar-refractivity contribution is 0.117. The standard InChI is InChI=1S/C17H28N2/c1-13-9-11-16(12-10-13)19(3)14(2)17(18)15-7-5-4-6-8-15/h4-8,13-14,16-17H,9-12,18H2,1-3H3. The zero-order valence-corrected chi connectivity index (χ0v) is 12.5. The number of benzene rings is 1. The second-order valence-electron chi connectivity index (χ2n) is 6.26. The van der Waals surface area contributed by atoms with Crippen molar-refractivity contribution in [2.24, 2.45) is 11.7 Å². The quantitative estimate of drug-likeness (QED) is 0.896. The smallest absolute Gasteiger partial charge is 0.0450 e. The Morgan fingerprint density at radius 1 is 1.11 bits per heavy atom. The lowest BCUT2D eigenvalue weighted by atomic mass is 9.85. The van der Waals surface area contributed by atoms with Crippen molar-refractivity contribution in [3.63, 3.8) is 0 Å². The number of hydrogen-bond donors (Lipinski definition) is 1. The van der Waals surface area contributed by atoms with Crippen LogP contribution in [0.3, 0.4) is 0 Å². The van der Waals surface area contributed by atoms with Gasteiger partial charge in [0, 0.05) is 18.1 Å². The van der Waals surface area contributed by atoms with Gasteiger partial charge in [0.25, 0.3) is 0 Å². The molecule has 1 aromatic rings. The van der Waals surface area contributed by atoms with Gasteiger partial charge in [-0.15, -0.1) is 0 Å². The third-order valence-corrected chi connectivity index (χ3v) is 4.91. The molecule has 2 unspecified atom stereocenters. The Morgan fingerprint density at radius 2 is 1.68 bits per heavy atom. The van der Waals surface area contributed by atoms with Gasteiger partial charge in [-0.2, -0.15) is 0 Å². The predicted molar refractivity (Wildman–Crippen MR) is 82.0 cm³/mol. The highest BCUT2D eigenvalue weighted by molar-refractivity contribution is 5.20. The fourth-order valence-corrected chi connectivity index (χ4v) is 3.19. The minimum absolute atomic E-state index is 0.102. The molecule has 1 aromatic carbocycles. The average Bonchev–Trinajstić information content (AvgIpc) is 2.46. The second-order valence-corrected chi connectivity index (χ2v) is 6.26. The van der Waals surface area contributed by atoms with Crippen molar-refractivity contribution in [1.82, 2.24) is 4.90 Å². The summed E-state index contributed by atoms with van der Waals surface area (Å²) in [5.74, 6) is 0.905. The highest BCUT2D eigenvalue weighted by atomic mass is 15.2. The summed E-state index contributed by atoms with van der Waals surface area (Å²) < 4.78 is 0. The molecular weight excluding hydrogens is 232 g/mol. The summed E-state index contributed by atoms with van der Waals surface area (Å²) in [7, 11) is 2.24. The van der Waals surface area contributed by atoms with E-state index in [1.54, 1.807) is 0 Å². The van der Waals surface area contributed by atoms with E-state index < -0.39 is 0 Å². The minimum atomic E-state index is 0.102. The van der Waals surface area contributed by atoms with Crippen LogP contribution in [0.5, 0.6) is 0 Å². The number of rotatable bonds is 4. The van der Waals surface area contributed by atoms with Crippen LogP contribution in [0.1, 0.15) is 51.1 Å². The molecule has 0 aromatic heterocycles. The third kappa shape index (κ3) is 3.58. The second kappa shape index (κ2) is 6.53. The number of hydrogen-bond acceptors (Lipinski definition) is 2. The molecule has 1 aliphatic rings. The van der Waals surface area contributed by atoms with E-state index in [0.717, 1.165) is 5.92 Å². The molecular formula is C17H28N2.